The molecule has 0 aliphatic carbocycles. The fraction of sp³-hybridized carbons (Fsp3) is 0.286. The van der Waals surface area contributed by atoms with Crippen LogP contribution in [0, 0.1) is 6.92 Å². The molecule has 0 aliphatic heterocycles. The second-order valence-electron chi connectivity index (χ2n) is 4.49. The quantitative estimate of drug-likeness (QED) is 0.790. The molecule has 21 heavy (non-hydrogen) atoms. The number of carbonyl (C=O) groups is 1. The van der Waals surface area contributed by atoms with Gasteiger partial charge in [0.2, 0.25) is 0 Å². The molecule has 2 amide bonds. The minimum atomic E-state index is -0.790. The van der Waals surface area contributed by atoms with Crippen LogP contribution in [0.3, 0.4) is 0 Å². The second-order valence-corrected chi connectivity index (χ2v) is 4.92. The number of hydrogen-bond donors (Lipinski definition) is 3. The first-order chi connectivity index (χ1) is 10.1. The maximum Gasteiger partial charge on any atom is 0.315 e. The Hall–Kier alpha value is -2.05. The van der Waals surface area contributed by atoms with Gasteiger partial charge in [-0.3, -0.25) is 0 Å². The number of urea groups is 1. The fourth-order valence-corrected chi connectivity index (χ4v) is 1.84. The molecule has 7 heteroatoms. The maximum absolute atomic E-state index is 11.6. The average Bonchev–Trinajstić information content (AvgIpc) is 2.88. The minimum Gasteiger partial charge on any atom is -0.448 e. The number of amides is 2. The van der Waals surface area contributed by atoms with Crippen LogP contribution in [-0.4, -0.2) is 22.7 Å². The molecule has 1 aromatic carbocycles. The van der Waals surface area contributed by atoms with Crippen LogP contribution in [0.5, 0.6) is 0 Å². The molecule has 0 bridgehead atoms. The zero-order chi connectivity index (χ0) is 15.2. The third-order valence-corrected chi connectivity index (χ3v) is 3.22. The summed E-state index contributed by atoms with van der Waals surface area (Å²) in [6, 6.07) is 6.42. The Balaban J connectivity index is 1.76. The number of benzene rings is 1. The largest absolute Gasteiger partial charge is 0.448 e. The Morgan fingerprint density at radius 2 is 2.10 bits per heavy atom. The lowest BCUT2D eigenvalue weighted by Gasteiger charge is -2.12. The number of aryl methyl sites for hydroxylation is 1. The number of aliphatic hydroxyl groups excluding tert-OH is 1. The van der Waals surface area contributed by atoms with E-state index in [1.54, 1.807) is 31.2 Å². The first kappa shape index (κ1) is 15.3. The first-order valence-electron chi connectivity index (χ1n) is 6.40. The molecule has 3 N–H and O–H groups in total. The SMILES string of the molecule is Cc1ocnc1CNC(=O)NCC(O)c1ccc(Cl)cc1. The minimum absolute atomic E-state index is 0.102. The number of hydrogen-bond acceptors (Lipinski definition) is 4. The number of rotatable bonds is 5. The van der Waals surface area contributed by atoms with Crippen molar-refractivity contribution in [2.45, 2.75) is 19.6 Å². The van der Waals surface area contributed by atoms with Crippen molar-refractivity contribution in [2.75, 3.05) is 6.54 Å². The summed E-state index contributed by atoms with van der Waals surface area (Å²) in [6.45, 7) is 2.14. The second kappa shape index (κ2) is 7.10. The highest BCUT2D eigenvalue weighted by molar-refractivity contribution is 6.30. The summed E-state index contributed by atoms with van der Waals surface area (Å²) in [5, 5.41) is 15.8. The number of carbonyl (C=O) groups excluding carboxylic acids is 1. The van der Waals surface area contributed by atoms with Crippen molar-refractivity contribution in [2.24, 2.45) is 0 Å². The average molecular weight is 310 g/mol. The molecule has 0 aliphatic rings. The molecule has 112 valence electrons. The van der Waals surface area contributed by atoms with Crippen LogP contribution >= 0.6 is 11.6 Å². The summed E-state index contributed by atoms with van der Waals surface area (Å²) in [4.78, 5) is 15.6. The topological polar surface area (TPSA) is 87.4 Å². The van der Waals surface area contributed by atoms with Gasteiger partial charge in [0.15, 0.2) is 6.39 Å². The van der Waals surface area contributed by atoms with Gasteiger partial charge in [0.05, 0.1) is 12.6 Å². The van der Waals surface area contributed by atoms with Gasteiger partial charge in [-0.15, -0.1) is 0 Å². The number of aliphatic hydroxyl groups is 1. The monoisotopic (exact) mass is 309 g/mol. The van der Waals surface area contributed by atoms with Crippen LogP contribution in [0.4, 0.5) is 4.79 Å². The van der Waals surface area contributed by atoms with Crippen molar-refractivity contribution in [3.63, 3.8) is 0 Å². The molecule has 1 heterocycles. The molecular formula is C14H16ClN3O3. The van der Waals surface area contributed by atoms with Crippen molar-refractivity contribution in [1.29, 1.82) is 0 Å². The van der Waals surface area contributed by atoms with Gasteiger partial charge in [-0.05, 0) is 24.6 Å². The third kappa shape index (κ3) is 4.47. The lowest BCUT2D eigenvalue weighted by atomic mass is 10.1. The van der Waals surface area contributed by atoms with Gasteiger partial charge in [0.25, 0.3) is 0 Å². The van der Waals surface area contributed by atoms with Gasteiger partial charge < -0.3 is 20.2 Å². The number of nitrogens with one attached hydrogen (secondary N) is 2. The molecule has 6 nitrogen and oxygen atoms in total. The molecule has 0 saturated carbocycles. The molecule has 1 aromatic heterocycles. The van der Waals surface area contributed by atoms with Gasteiger partial charge in [-0.1, -0.05) is 23.7 Å². The van der Waals surface area contributed by atoms with E-state index in [4.69, 9.17) is 16.0 Å². The Morgan fingerprint density at radius 3 is 2.71 bits per heavy atom. The summed E-state index contributed by atoms with van der Waals surface area (Å²) in [5.74, 6) is 0.663. The highest BCUT2D eigenvalue weighted by Crippen LogP contribution is 2.15. The summed E-state index contributed by atoms with van der Waals surface area (Å²) >= 11 is 5.77. The summed E-state index contributed by atoms with van der Waals surface area (Å²) in [7, 11) is 0. The fourth-order valence-electron chi connectivity index (χ4n) is 1.72. The highest BCUT2D eigenvalue weighted by Gasteiger charge is 2.10. The van der Waals surface area contributed by atoms with Crippen LogP contribution in [0.2, 0.25) is 5.02 Å². The van der Waals surface area contributed by atoms with Crippen LogP contribution in [0.25, 0.3) is 0 Å². The molecule has 0 radical (unpaired) electrons. The molecule has 0 fully saturated rings. The van der Waals surface area contributed by atoms with Crippen molar-refractivity contribution in [1.82, 2.24) is 15.6 Å². The van der Waals surface area contributed by atoms with Crippen LogP contribution in [0.15, 0.2) is 35.1 Å². The third-order valence-electron chi connectivity index (χ3n) is 2.97. The maximum atomic E-state index is 11.6. The van der Waals surface area contributed by atoms with Crippen molar-refractivity contribution in [3.8, 4) is 0 Å². The smallest absolute Gasteiger partial charge is 0.315 e. The lowest BCUT2D eigenvalue weighted by Crippen LogP contribution is -2.37. The zero-order valence-electron chi connectivity index (χ0n) is 11.5. The lowest BCUT2D eigenvalue weighted by molar-refractivity contribution is 0.173. The Kier molecular flexibility index (Phi) is 5.19. The number of oxazole rings is 1. The van der Waals surface area contributed by atoms with E-state index in [-0.39, 0.29) is 19.1 Å². The van der Waals surface area contributed by atoms with Crippen molar-refractivity contribution >= 4 is 17.6 Å². The zero-order valence-corrected chi connectivity index (χ0v) is 12.2. The van der Waals surface area contributed by atoms with Gasteiger partial charge >= 0.3 is 6.03 Å². The molecular weight excluding hydrogens is 294 g/mol. The summed E-state index contributed by atoms with van der Waals surface area (Å²) in [6.07, 6.45) is 0.538. The van der Waals surface area contributed by atoms with E-state index in [9.17, 15) is 9.90 Å². The highest BCUT2D eigenvalue weighted by atomic mass is 35.5. The van der Waals surface area contributed by atoms with E-state index in [1.165, 1.54) is 6.39 Å². The summed E-state index contributed by atoms with van der Waals surface area (Å²) < 4.78 is 5.03. The van der Waals surface area contributed by atoms with Gasteiger partial charge in [-0.25, -0.2) is 9.78 Å². The Bertz CT molecular complexity index is 598. The van der Waals surface area contributed by atoms with E-state index < -0.39 is 6.10 Å². The number of nitrogens with zero attached hydrogens (tertiary/aromatic N) is 1. The van der Waals surface area contributed by atoms with Gasteiger partial charge in [-0.2, -0.15) is 0 Å². The predicted octanol–water partition coefficient (Wildman–Crippen LogP) is 2.17. The van der Waals surface area contributed by atoms with Crippen LogP contribution in [0.1, 0.15) is 23.1 Å². The van der Waals surface area contributed by atoms with Crippen LogP contribution < -0.4 is 10.6 Å². The van der Waals surface area contributed by atoms with Gasteiger partial charge in [0, 0.05) is 11.6 Å². The van der Waals surface area contributed by atoms with E-state index in [0.29, 0.717) is 22.0 Å². The van der Waals surface area contributed by atoms with E-state index in [1.807, 2.05) is 0 Å². The van der Waals surface area contributed by atoms with Crippen molar-refractivity contribution in [3.05, 3.63) is 52.7 Å². The Labute approximate surface area is 127 Å². The van der Waals surface area contributed by atoms with E-state index in [2.05, 4.69) is 15.6 Å². The normalized spacial score (nSPS) is 12.0. The van der Waals surface area contributed by atoms with E-state index in [0.717, 1.165) is 0 Å². The van der Waals surface area contributed by atoms with Crippen LogP contribution in [-0.2, 0) is 6.54 Å². The summed E-state index contributed by atoms with van der Waals surface area (Å²) in [5.41, 5.74) is 1.36. The van der Waals surface area contributed by atoms with Crippen molar-refractivity contribution < 1.29 is 14.3 Å². The number of aromatic nitrogens is 1. The Morgan fingerprint density at radius 1 is 1.38 bits per heavy atom. The molecule has 1 atom stereocenters. The standard InChI is InChI=1S/C14H16ClN3O3/c1-9-12(18-8-21-9)6-16-14(20)17-7-13(19)10-2-4-11(15)5-3-10/h2-5,8,13,19H,6-7H2,1H3,(H2,16,17,20). The predicted molar refractivity (Wildman–Crippen MR) is 77.9 cm³/mol. The molecule has 2 aromatic rings. The number of halogens is 1. The van der Waals surface area contributed by atoms with Gasteiger partial charge in [0.1, 0.15) is 11.5 Å². The first-order valence-corrected chi connectivity index (χ1v) is 6.78. The molecule has 1 unspecified atom stereocenters. The molecule has 0 spiro atoms. The molecule has 0 saturated heterocycles. The molecule has 2 rings (SSSR count). The van der Waals surface area contributed by atoms with E-state index >= 15 is 0 Å².